The van der Waals surface area contributed by atoms with Crippen LogP contribution in [0.5, 0.6) is 0 Å². The van der Waals surface area contributed by atoms with Crippen LogP contribution < -0.4 is 16.4 Å². The van der Waals surface area contributed by atoms with Crippen molar-refractivity contribution in [2.75, 3.05) is 39.5 Å². The number of nitrogens with zero attached hydrogens (tertiary/aromatic N) is 2. The fourth-order valence-electron chi connectivity index (χ4n) is 4.44. The molecule has 1 unspecified atom stereocenters. The largest absolute Gasteiger partial charge is 0.388 e. The second kappa shape index (κ2) is 14.8. The number of likely N-dealkylation sites (tertiary alicyclic amines) is 1. The van der Waals surface area contributed by atoms with Gasteiger partial charge in [-0.15, -0.1) is 11.3 Å². The summed E-state index contributed by atoms with van der Waals surface area (Å²) in [6.07, 6.45) is -3.52. The normalized spacial score (nSPS) is 19.7. The van der Waals surface area contributed by atoms with Gasteiger partial charge in [-0.05, 0) is 23.5 Å². The highest BCUT2D eigenvalue weighted by Gasteiger charge is 2.50. The van der Waals surface area contributed by atoms with E-state index in [4.69, 9.17) is 15.2 Å². The Bertz CT molecular complexity index is 1170. The Hall–Kier alpha value is -2.97. The lowest BCUT2D eigenvalue weighted by molar-refractivity contribution is -0.145. The number of nitrogens with one attached hydrogen (secondary N) is 2. The molecule has 0 spiro atoms. The highest BCUT2D eigenvalue weighted by Crippen LogP contribution is 2.29. The van der Waals surface area contributed by atoms with E-state index in [0.29, 0.717) is 13.2 Å². The van der Waals surface area contributed by atoms with E-state index in [1.165, 1.54) is 11.3 Å². The van der Waals surface area contributed by atoms with Crippen molar-refractivity contribution in [1.82, 2.24) is 20.5 Å². The Kier molecular flexibility index (Phi) is 11.7. The average Bonchev–Trinajstić information content (AvgIpc) is 3.49. The van der Waals surface area contributed by atoms with E-state index in [2.05, 4.69) is 15.6 Å². The van der Waals surface area contributed by atoms with Crippen LogP contribution in [0.4, 0.5) is 4.39 Å². The monoisotopic (exact) mass is 593 g/mol. The van der Waals surface area contributed by atoms with E-state index >= 15 is 4.39 Å². The molecule has 4 atom stereocenters. The number of carbonyl (C=O) groups is 3. The maximum Gasteiger partial charge on any atom is 0.246 e. The predicted molar refractivity (Wildman–Crippen MR) is 153 cm³/mol. The van der Waals surface area contributed by atoms with Crippen molar-refractivity contribution in [3.63, 3.8) is 0 Å². The van der Waals surface area contributed by atoms with Crippen molar-refractivity contribution in [2.24, 2.45) is 11.1 Å². The third-order valence-corrected chi connectivity index (χ3v) is 7.63. The number of hydrogen-bond acceptors (Lipinski definition) is 9. The van der Waals surface area contributed by atoms with Crippen molar-refractivity contribution in [2.45, 2.75) is 58.6 Å². The molecule has 1 aliphatic heterocycles. The Morgan fingerprint density at radius 3 is 2.49 bits per heavy atom. The van der Waals surface area contributed by atoms with Crippen LogP contribution in [0.1, 0.15) is 32.0 Å². The first-order valence-electron chi connectivity index (χ1n) is 13.5. The number of nitrogens with two attached hydrogens (primary N) is 1. The summed E-state index contributed by atoms with van der Waals surface area (Å²) in [5, 5.41) is 15.6. The zero-order valence-corrected chi connectivity index (χ0v) is 24.7. The number of aliphatic hydroxyl groups is 1. The van der Waals surface area contributed by atoms with Gasteiger partial charge in [-0.25, -0.2) is 9.37 Å². The van der Waals surface area contributed by atoms with Gasteiger partial charge in [0.15, 0.2) is 6.17 Å². The van der Waals surface area contributed by atoms with E-state index in [-0.39, 0.29) is 32.9 Å². The van der Waals surface area contributed by atoms with E-state index < -0.39 is 47.5 Å². The van der Waals surface area contributed by atoms with Crippen molar-refractivity contribution in [1.29, 1.82) is 0 Å². The Balaban J connectivity index is 1.63. The molecule has 0 saturated carbocycles. The van der Waals surface area contributed by atoms with Gasteiger partial charge in [0, 0.05) is 13.1 Å². The van der Waals surface area contributed by atoms with E-state index in [9.17, 15) is 19.5 Å². The minimum absolute atomic E-state index is 0.105. The first-order valence-corrected chi connectivity index (χ1v) is 14.4. The highest BCUT2D eigenvalue weighted by atomic mass is 32.1. The van der Waals surface area contributed by atoms with Crippen LogP contribution in [0.3, 0.4) is 0 Å². The molecule has 0 aliphatic carbocycles. The first kappa shape index (κ1) is 32.5. The molecule has 0 bridgehead atoms. The number of alkyl halides is 1. The number of aromatic nitrogens is 1. The molecule has 1 aromatic carbocycles. The summed E-state index contributed by atoms with van der Waals surface area (Å²) in [6, 6.07) is 4.90. The summed E-state index contributed by atoms with van der Waals surface area (Å²) >= 11 is 1.54. The summed E-state index contributed by atoms with van der Waals surface area (Å²) in [5.74, 6) is -1.95. The van der Waals surface area contributed by atoms with E-state index in [1.54, 1.807) is 26.3 Å². The van der Waals surface area contributed by atoms with Crippen LogP contribution in [0.25, 0.3) is 10.4 Å². The lowest BCUT2D eigenvalue weighted by Gasteiger charge is -2.35. The lowest BCUT2D eigenvalue weighted by atomic mass is 9.85. The molecule has 0 radical (unpaired) electrons. The topological polar surface area (TPSA) is 156 Å². The molecule has 5 N–H and O–H groups in total. The molecule has 1 aromatic heterocycles. The van der Waals surface area contributed by atoms with Gasteiger partial charge in [0.05, 0.1) is 42.4 Å². The van der Waals surface area contributed by atoms with Crippen molar-refractivity contribution >= 4 is 29.1 Å². The number of β-amino-alcohol motifs (C(OH)–C–C–N with tert-alkyl or cyclic N) is 1. The fourth-order valence-corrected chi connectivity index (χ4v) is 5.25. The number of rotatable bonds is 13. The van der Waals surface area contributed by atoms with Gasteiger partial charge in [0.2, 0.25) is 17.7 Å². The Morgan fingerprint density at radius 2 is 1.88 bits per heavy atom. The third-order valence-electron chi connectivity index (χ3n) is 6.65. The molecular weight excluding hydrogens is 553 g/mol. The van der Waals surface area contributed by atoms with Gasteiger partial charge >= 0.3 is 0 Å². The molecule has 1 aliphatic rings. The number of ether oxygens (including phenoxy) is 2. The summed E-state index contributed by atoms with van der Waals surface area (Å²) in [4.78, 5) is 45.6. The van der Waals surface area contributed by atoms with Gasteiger partial charge < -0.3 is 35.8 Å². The minimum Gasteiger partial charge on any atom is -0.388 e. The summed E-state index contributed by atoms with van der Waals surface area (Å²) in [5.41, 5.74) is 9.06. The Morgan fingerprint density at radius 1 is 1.20 bits per heavy atom. The number of hydrogen-bond donors (Lipinski definition) is 4. The van der Waals surface area contributed by atoms with Gasteiger partial charge in [0.1, 0.15) is 24.8 Å². The third kappa shape index (κ3) is 8.76. The molecule has 2 aromatic rings. The molecule has 226 valence electrons. The number of carbonyl (C=O) groups excluding carboxylic acids is 3. The molecule has 11 nitrogen and oxygen atoms in total. The summed E-state index contributed by atoms with van der Waals surface area (Å²) in [6.45, 7) is 7.75. The number of benzene rings is 1. The fraction of sp³-hybridized carbons (Fsp3) is 0.571. The van der Waals surface area contributed by atoms with Crippen LogP contribution >= 0.6 is 11.3 Å². The summed E-state index contributed by atoms with van der Waals surface area (Å²) in [7, 11) is 0. The minimum atomic E-state index is -1.98. The number of aliphatic hydroxyl groups excluding tert-OH is 1. The first-order chi connectivity index (χ1) is 19.4. The van der Waals surface area contributed by atoms with Gasteiger partial charge in [-0.2, -0.15) is 0 Å². The molecule has 41 heavy (non-hydrogen) atoms. The molecule has 13 heteroatoms. The Labute approximate surface area is 243 Å². The number of thiazole rings is 1. The van der Waals surface area contributed by atoms with Crippen molar-refractivity contribution in [3.8, 4) is 10.4 Å². The average molecular weight is 594 g/mol. The van der Waals surface area contributed by atoms with Gasteiger partial charge in [0.25, 0.3) is 0 Å². The van der Waals surface area contributed by atoms with Crippen LogP contribution in [0, 0.1) is 12.3 Å². The zero-order valence-electron chi connectivity index (χ0n) is 23.9. The van der Waals surface area contributed by atoms with Crippen LogP contribution in [-0.4, -0.2) is 96.6 Å². The van der Waals surface area contributed by atoms with Crippen molar-refractivity contribution in [3.05, 3.63) is 41.0 Å². The van der Waals surface area contributed by atoms with E-state index in [1.807, 2.05) is 31.2 Å². The van der Waals surface area contributed by atoms with Gasteiger partial charge in [-0.1, -0.05) is 45.0 Å². The van der Waals surface area contributed by atoms with E-state index in [0.717, 1.165) is 26.6 Å². The molecule has 3 rings (SSSR count). The van der Waals surface area contributed by atoms with Crippen LogP contribution in [0.15, 0.2) is 29.8 Å². The maximum atomic E-state index is 15.1. The smallest absolute Gasteiger partial charge is 0.246 e. The predicted octanol–water partition coefficient (Wildman–Crippen LogP) is 1.17. The van der Waals surface area contributed by atoms with Crippen LogP contribution in [0.2, 0.25) is 0 Å². The highest BCUT2D eigenvalue weighted by molar-refractivity contribution is 7.13. The van der Waals surface area contributed by atoms with Crippen molar-refractivity contribution < 1.29 is 33.4 Å². The maximum absolute atomic E-state index is 15.1. The number of halogens is 1. The second-order valence-electron chi connectivity index (χ2n) is 10.9. The summed E-state index contributed by atoms with van der Waals surface area (Å²) < 4.78 is 25.6. The quantitative estimate of drug-likeness (QED) is 0.252. The molecular formula is C28H40FN5O6S. The lowest BCUT2D eigenvalue weighted by Crippen LogP contribution is -2.59. The second-order valence-corrected chi connectivity index (χ2v) is 11.8. The molecule has 1 saturated heterocycles. The number of aryl methyl sites for hydroxylation is 1. The molecule has 3 amide bonds. The van der Waals surface area contributed by atoms with Crippen LogP contribution in [-0.2, 0) is 30.4 Å². The van der Waals surface area contributed by atoms with Gasteiger partial charge in [-0.3, -0.25) is 14.4 Å². The standard InChI is InChI=1S/C28H40FN5O6S/c1-17-24(41-16-32-17)19-7-5-18(6-8-19)13-31-26(37)23-22(29)20(35)14-34(23)27(38)25(28(2,3)4)33-21(36)15-40-12-11-39-10-9-30/h5-8,16,20,22-23,25,35H,9-15,30H2,1-4H3,(H,31,37)(H,33,36)/t20-,22+,23-,25?/m0/s1. The SMILES string of the molecule is Cc1ncsc1-c1ccc(CNC(=O)[C@@H]2[C@H](F)[C@@H](O)CN2C(=O)C(NC(=O)COCCOCCN)C(C)(C)C)cc1. The number of amides is 3. The molecule has 1 fully saturated rings. The zero-order chi connectivity index (χ0) is 30.2. The molecule has 2 heterocycles.